The molecule has 1 aromatic heterocycles. The van der Waals surface area contributed by atoms with Crippen molar-refractivity contribution in [3.05, 3.63) is 42.5 Å². The molecular formula is C29H35N3O4. The fourth-order valence-electron chi connectivity index (χ4n) is 5.53. The van der Waals surface area contributed by atoms with E-state index in [2.05, 4.69) is 22.0 Å². The Hall–Kier alpha value is -3.19. The summed E-state index contributed by atoms with van der Waals surface area (Å²) in [4.78, 5) is 12.3. The van der Waals surface area contributed by atoms with Gasteiger partial charge in [0.15, 0.2) is 0 Å². The molecule has 2 aromatic carbocycles. The predicted octanol–water partition coefficient (Wildman–Crippen LogP) is 5.89. The highest BCUT2D eigenvalue weighted by molar-refractivity contribution is 6.01. The van der Waals surface area contributed by atoms with Gasteiger partial charge in [-0.15, -0.1) is 0 Å². The number of aromatic nitrogens is 1. The number of nitrogens with two attached hydrogens (primary N) is 1. The van der Waals surface area contributed by atoms with Gasteiger partial charge in [0.05, 0.1) is 30.1 Å². The molecule has 1 saturated heterocycles. The number of carbonyl (C=O) groups excluding carboxylic acids is 1. The number of anilines is 1. The summed E-state index contributed by atoms with van der Waals surface area (Å²) < 4.78 is 19.7. The van der Waals surface area contributed by atoms with Crippen molar-refractivity contribution in [3.63, 3.8) is 0 Å². The fraction of sp³-hybridized carbons (Fsp3) is 0.483. The molecule has 2 saturated carbocycles. The minimum Gasteiger partial charge on any atom is -0.490 e. The van der Waals surface area contributed by atoms with E-state index in [0.29, 0.717) is 11.7 Å². The maximum absolute atomic E-state index is 12.3. The number of hydrogen-bond acceptors (Lipinski definition) is 5. The van der Waals surface area contributed by atoms with Crippen LogP contribution in [0.4, 0.5) is 10.5 Å². The molecule has 1 aliphatic heterocycles. The lowest BCUT2D eigenvalue weighted by atomic mass is 10.1. The zero-order valence-corrected chi connectivity index (χ0v) is 20.7. The molecule has 3 fully saturated rings. The first-order chi connectivity index (χ1) is 17.6. The van der Waals surface area contributed by atoms with Crippen LogP contribution in [0, 0.1) is 5.92 Å². The van der Waals surface area contributed by atoms with Crippen molar-refractivity contribution in [1.29, 1.82) is 0 Å². The molecule has 6 rings (SSSR count). The van der Waals surface area contributed by atoms with Crippen molar-refractivity contribution < 1.29 is 19.0 Å². The lowest BCUT2D eigenvalue weighted by Crippen LogP contribution is -2.34. The third-order valence-corrected chi connectivity index (χ3v) is 7.70. The van der Waals surface area contributed by atoms with Crippen LogP contribution < -0.4 is 20.5 Å². The summed E-state index contributed by atoms with van der Waals surface area (Å²) in [5.74, 6) is 2.10. The zero-order valence-electron chi connectivity index (χ0n) is 20.7. The Labute approximate surface area is 211 Å². The van der Waals surface area contributed by atoms with Crippen molar-refractivity contribution in [2.75, 3.05) is 18.9 Å². The summed E-state index contributed by atoms with van der Waals surface area (Å²) in [6.45, 7) is 2.44. The molecule has 3 aromatic rings. The van der Waals surface area contributed by atoms with E-state index < -0.39 is 0 Å². The molecule has 0 atom stereocenters. The molecule has 7 nitrogen and oxygen atoms in total. The summed E-state index contributed by atoms with van der Waals surface area (Å²) in [6, 6.07) is 14.2. The Morgan fingerprint density at radius 3 is 2.42 bits per heavy atom. The second-order valence-corrected chi connectivity index (χ2v) is 10.5. The van der Waals surface area contributed by atoms with E-state index in [1.165, 1.54) is 25.7 Å². The number of hydrogen-bond donors (Lipinski definition) is 2. The normalized spacial score (nSPS) is 19.0. The molecule has 0 unspecified atom stereocenters. The highest BCUT2D eigenvalue weighted by Crippen LogP contribution is 2.41. The molecule has 2 aliphatic carbocycles. The summed E-state index contributed by atoms with van der Waals surface area (Å²) >= 11 is 0. The molecule has 2 heterocycles. The Kier molecular flexibility index (Phi) is 6.48. The van der Waals surface area contributed by atoms with Crippen LogP contribution in [-0.2, 0) is 11.3 Å². The van der Waals surface area contributed by atoms with Gasteiger partial charge in [-0.1, -0.05) is 12.8 Å². The van der Waals surface area contributed by atoms with E-state index >= 15 is 0 Å². The molecule has 0 radical (unpaired) electrons. The van der Waals surface area contributed by atoms with Crippen molar-refractivity contribution in [2.45, 2.75) is 70.1 Å². The molecule has 1 amide bonds. The highest BCUT2D eigenvalue weighted by atomic mass is 16.6. The molecule has 3 aliphatic rings. The van der Waals surface area contributed by atoms with Crippen LogP contribution in [0.5, 0.6) is 11.5 Å². The number of fused-ring (bicyclic) bond motifs is 1. The van der Waals surface area contributed by atoms with Gasteiger partial charge in [0.2, 0.25) is 0 Å². The summed E-state index contributed by atoms with van der Waals surface area (Å²) in [5, 5.41) is 4.01. The Bertz CT molecular complexity index is 1220. The van der Waals surface area contributed by atoms with E-state index in [1.807, 2.05) is 30.3 Å². The van der Waals surface area contributed by atoms with Crippen LogP contribution in [-0.4, -0.2) is 36.0 Å². The van der Waals surface area contributed by atoms with Gasteiger partial charge in [0.1, 0.15) is 17.6 Å². The van der Waals surface area contributed by atoms with Gasteiger partial charge < -0.3 is 29.8 Å². The van der Waals surface area contributed by atoms with E-state index in [4.69, 9.17) is 19.9 Å². The third kappa shape index (κ3) is 5.03. The number of amides is 1. The first-order valence-corrected chi connectivity index (χ1v) is 13.4. The average molecular weight is 490 g/mol. The van der Waals surface area contributed by atoms with Crippen LogP contribution in [0.25, 0.3) is 22.2 Å². The first-order valence-electron chi connectivity index (χ1n) is 13.4. The maximum atomic E-state index is 12.3. The minimum absolute atomic E-state index is 0.193. The van der Waals surface area contributed by atoms with Gasteiger partial charge in [0, 0.05) is 42.4 Å². The number of nitrogen functional groups attached to an aromatic ring is 1. The Morgan fingerprint density at radius 2 is 1.69 bits per heavy atom. The second kappa shape index (κ2) is 10.1. The van der Waals surface area contributed by atoms with E-state index in [-0.39, 0.29) is 18.2 Å². The lowest BCUT2D eigenvalue weighted by molar-refractivity contribution is 0.0256. The van der Waals surface area contributed by atoms with Gasteiger partial charge in [-0.3, -0.25) is 0 Å². The molecule has 3 N–H and O–H groups in total. The highest BCUT2D eigenvalue weighted by Gasteiger charge is 2.26. The quantitative estimate of drug-likeness (QED) is 0.432. The lowest BCUT2D eigenvalue weighted by Gasteiger charge is -2.23. The maximum Gasteiger partial charge on any atom is 0.412 e. The summed E-state index contributed by atoms with van der Waals surface area (Å²) in [5.41, 5.74) is 10.6. The van der Waals surface area contributed by atoms with Crippen LogP contribution in [0.2, 0.25) is 0 Å². The van der Waals surface area contributed by atoms with Crippen molar-refractivity contribution >= 4 is 22.7 Å². The van der Waals surface area contributed by atoms with Crippen LogP contribution in [0.3, 0.4) is 0 Å². The summed E-state index contributed by atoms with van der Waals surface area (Å²) in [6.07, 6.45) is 8.54. The SMILES string of the molecule is Nc1c(-c2ccc(OC(=O)NC3CCCC3)cc2)n(CC2CC2)c2cc(OC3CCOCC3)ccc12. The van der Waals surface area contributed by atoms with Crippen molar-refractivity contribution in [3.8, 4) is 22.8 Å². The van der Waals surface area contributed by atoms with Gasteiger partial charge in [-0.25, -0.2) is 4.79 Å². The average Bonchev–Trinajstić information content (AvgIpc) is 3.49. The molecule has 0 spiro atoms. The summed E-state index contributed by atoms with van der Waals surface area (Å²) in [7, 11) is 0. The number of nitrogens with zero attached hydrogens (tertiary/aromatic N) is 1. The largest absolute Gasteiger partial charge is 0.490 e. The molecule has 190 valence electrons. The van der Waals surface area contributed by atoms with E-state index in [0.717, 1.165) is 79.0 Å². The Morgan fingerprint density at radius 1 is 0.972 bits per heavy atom. The number of carbonyl (C=O) groups is 1. The van der Waals surface area contributed by atoms with Gasteiger partial charge in [-0.2, -0.15) is 0 Å². The molecule has 7 heteroatoms. The predicted molar refractivity (Wildman–Crippen MR) is 140 cm³/mol. The standard InChI is InChI=1S/C29H35N3O4/c30-27-25-12-11-24(35-23-13-15-34-16-14-23)17-26(25)32(18-19-5-6-19)28(27)20-7-9-22(10-8-20)36-29(33)31-21-3-1-2-4-21/h7-12,17,19,21,23H,1-6,13-16,18,30H2,(H,31,33). The van der Waals surface area contributed by atoms with E-state index in [9.17, 15) is 4.79 Å². The van der Waals surface area contributed by atoms with Crippen LogP contribution in [0.15, 0.2) is 42.5 Å². The smallest absolute Gasteiger partial charge is 0.412 e. The van der Waals surface area contributed by atoms with Crippen molar-refractivity contribution in [2.24, 2.45) is 5.92 Å². The first kappa shape index (κ1) is 23.2. The van der Waals surface area contributed by atoms with Gasteiger partial charge in [0.25, 0.3) is 0 Å². The van der Waals surface area contributed by atoms with Gasteiger partial charge >= 0.3 is 6.09 Å². The third-order valence-electron chi connectivity index (χ3n) is 7.70. The van der Waals surface area contributed by atoms with E-state index in [1.54, 1.807) is 0 Å². The second-order valence-electron chi connectivity index (χ2n) is 10.5. The van der Waals surface area contributed by atoms with Crippen LogP contribution in [0.1, 0.15) is 51.4 Å². The Balaban J connectivity index is 1.26. The number of ether oxygens (including phenoxy) is 3. The number of nitrogens with one attached hydrogen (secondary N) is 1. The monoisotopic (exact) mass is 489 g/mol. The van der Waals surface area contributed by atoms with Gasteiger partial charge in [-0.05, 0) is 68.0 Å². The minimum atomic E-state index is -0.380. The zero-order chi connectivity index (χ0) is 24.5. The fourth-order valence-corrected chi connectivity index (χ4v) is 5.53. The topological polar surface area (TPSA) is 87.7 Å². The molecule has 0 bridgehead atoms. The van der Waals surface area contributed by atoms with Crippen molar-refractivity contribution in [1.82, 2.24) is 9.88 Å². The molecular weight excluding hydrogens is 454 g/mol. The van der Waals surface area contributed by atoms with Crippen LogP contribution >= 0.6 is 0 Å². The number of rotatable bonds is 7. The molecule has 36 heavy (non-hydrogen) atoms. The number of benzene rings is 2.